The van der Waals surface area contributed by atoms with E-state index in [9.17, 15) is 5.11 Å². The number of phenols is 1. The van der Waals surface area contributed by atoms with Crippen LogP contribution in [-0.2, 0) is 9.31 Å². The standard InChI is InChI=1S/C15H21BO3/c1-14(2)15(3,4)19-16(18-14)13-9-12(13)10-6-5-7-11(17)8-10/h5-8,12-13,17H,9H2,1-4H3. The molecule has 2 atom stereocenters. The van der Waals surface area contributed by atoms with Gasteiger partial charge in [0.2, 0.25) is 0 Å². The van der Waals surface area contributed by atoms with Crippen molar-refractivity contribution in [2.24, 2.45) is 0 Å². The first-order chi connectivity index (χ1) is 8.80. The molecule has 0 bridgehead atoms. The van der Waals surface area contributed by atoms with E-state index in [1.54, 1.807) is 6.07 Å². The quantitative estimate of drug-likeness (QED) is 0.829. The van der Waals surface area contributed by atoms with Gasteiger partial charge in [0.15, 0.2) is 0 Å². The molecule has 1 N–H and O–H groups in total. The summed E-state index contributed by atoms with van der Waals surface area (Å²) in [6.45, 7) is 8.33. The fourth-order valence-electron chi connectivity index (χ4n) is 2.72. The van der Waals surface area contributed by atoms with Crippen LogP contribution in [0.3, 0.4) is 0 Å². The van der Waals surface area contributed by atoms with E-state index in [0.29, 0.717) is 17.5 Å². The van der Waals surface area contributed by atoms with Crippen LogP contribution in [0.5, 0.6) is 5.75 Å². The maximum absolute atomic E-state index is 9.54. The summed E-state index contributed by atoms with van der Waals surface area (Å²) in [5, 5.41) is 9.54. The fourth-order valence-corrected chi connectivity index (χ4v) is 2.72. The molecule has 0 amide bonds. The molecule has 1 aromatic carbocycles. The van der Waals surface area contributed by atoms with Crippen LogP contribution in [0.2, 0.25) is 5.82 Å². The molecule has 1 aliphatic carbocycles. The molecule has 2 fully saturated rings. The molecule has 4 heteroatoms. The summed E-state index contributed by atoms with van der Waals surface area (Å²) in [7, 11) is -0.127. The molecule has 1 aromatic rings. The van der Waals surface area contributed by atoms with E-state index >= 15 is 0 Å². The molecule has 3 nitrogen and oxygen atoms in total. The fraction of sp³-hybridized carbons (Fsp3) is 0.600. The van der Waals surface area contributed by atoms with Gasteiger partial charge in [0.05, 0.1) is 11.2 Å². The Bertz CT molecular complexity index is 482. The van der Waals surface area contributed by atoms with Gasteiger partial charge >= 0.3 is 7.12 Å². The lowest BCUT2D eigenvalue weighted by Gasteiger charge is -2.32. The molecular weight excluding hydrogens is 239 g/mol. The van der Waals surface area contributed by atoms with Crippen molar-refractivity contribution < 1.29 is 14.4 Å². The maximum atomic E-state index is 9.54. The van der Waals surface area contributed by atoms with Crippen LogP contribution in [0.1, 0.15) is 45.6 Å². The molecule has 1 saturated heterocycles. The van der Waals surface area contributed by atoms with Gasteiger partial charge in [-0.3, -0.25) is 0 Å². The maximum Gasteiger partial charge on any atom is 0.461 e. The molecule has 0 spiro atoms. The van der Waals surface area contributed by atoms with Crippen molar-refractivity contribution in [2.75, 3.05) is 0 Å². The third kappa shape index (κ3) is 2.17. The molecular formula is C15H21BO3. The van der Waals surface area contributed by atoms with Gasteiger partial charge in [0, 0.05) is 5.82 Å². The summed E-state index contributed by atoms with van der Waals surface area (Å²) in [5.74, 6) is 1.18. The van der Waals surface area contributed by atoms with Crippen LogP contribution in [-0.4, -0.2) is 23.4 Å². The number of aromatic hydroxyl groups is 1. The average Bonchev–Trinajstić information content (AvgIpc) is 3.03. The molecule has 19 heavy (non-hydrogen) atoms. The minimum absolute atomic E-state index is 0.127. The topological polar surface area (TPSA) is 38.7 Å². The predicted octanol–water partition coefficient (Wildman–Crippen LogP) is 3.34. The van der Waals surface area contributed by atoms with Crippen molar-refractivity contribution in [3.63, 3.8) is 0 Å². The second kappa shape index (κ2) is 4.00. The summed E-state index contributed by atoms with van der Waals surface area (Å²) in [5.41, 5.74) is 0.660. The minimum atomic E-state index is -0.260. The molecule has 1 heterocycles. The van der Waals surface area contributed by atoms with Gasteiger partial charge in [-0.05, 0) is 57.7 Å². The Kier molecular flexibility index (Phi) is 2.74. The number of hydrogen-bond donors (Lipinski definition) is 1. The predicted molar refractivity (Wildman–Crippen MR) is 75.3 cm³/mol. The van der Waals surface area contributed by atoms with Crippen LogP contribution in [0.4, 0.5) is 0 Å². The highest BCUT2D eigenvalue weighted by atomic mass is 16.7. The van der Waals surface area contributed by atoms with Gasteiger partial charge in [0.25, 0.3) is 0 Å². The Morgan fingerprint density at radius 3 is 2.37 bits per heavy atom. The molecule has 0 radical (unpaired) electrons. The van der Waals surface area contributed by atoms with Crippen molar-refractivity contribution in [1.29, 1.82) is 0 Å². The Morgan fingerprint density at radius 1 is 1.16 bits per heavy atom. The molecule has 102 valence electrons. The van der Waals surface area contributed by atoms with Crippen LogP contribution in [0, 0.1) is 0 Å². The molecule has 1 aliphatic heterocycles. The highest BCUT2D eigenvalue weighted by molar-refractivity contribution is 6.49. The lowest BCUT2D eigenvalue weighted by Crippen LogP contribution is -2.41. The van der Waals surface area contributed by atoms with Crippen molar-refractivity contribution >= 4 is 7.12 Å². The summed E-state index contributed by atoms with van der Waals surface area (Å²) >= 11 is 0. The SMILES string of the molecule is CC1(C)OB(C2CC2c2cccc(O)c2)OC1(C)C. The van der Waals surface area contributed by atoms with E-state index in [4.69, 9.17) is 9.31 Å². The molecule has 3 rings (SSSR count). The normalized spacial score (nSPS) is 31.5. The smallest absolute Gasteiger partial charge is 0.461 e. The monoisotopic (exact) mass is 260 g/mol. The van der Waals surface area contributed by atoms with E-state index in [1.807, 2.05) is 12.1 Å². The average molecular weight is 260 g/mol. The zero-order valence-electron chi connectivity index (χ0n) is 12.0. The number of benzene rings is 1. The first kappa shape index (κ1) is 13.0. The van der Waals surface area contributed by atoms with E-state index in [1.165, 1.54) is 5.56 Å². The van der Waals surface area contributed by atoms with E-state index in [2.05, 4.69) is 33.8 Å². The Hall–Kier alpha value is -0.995. The van der Waals surface area contributed by atoms with E-state index < -0.39 is 0 Å². The summed E-state index contributed by atoms with van der Waals surface area (Å²) in [6, 6.07) is 7.51. The zero-order chi connectivity index (χ0) is 13.8. The largest absolute Gasteiger partial charge is 0.508 e. The third-order valence-corrected chi connectivity index (χ3v) is 4.76. The number of rotatable bonds is 2. The number of phenolic OH excluding ortho intramolecular Hbond substituents is 1. The van der Waals surface area contributed by atoms with Gasteiger partial charge in [-0.15, -0.1) is 0 Å². The highest BCUT2D eigenvalue weighted by Crippen LogP contribution is 2.58. The van der Waals surface area contributed by atoms with Crippen LogP contribution in [0.15, 0.2) is 24.3 Å². The van der Waals surface area contributed by atoms with Gasteiger partial charge in [-0.1, -0.05) is 12.1 Å². The van der Waals surface area contributed by atoms with Gasteiger partial charge < -0.3 is 14.4 Å². The van der Waals surface area contributed by atoms with E-state index in [0.717, 1.165) is 6.42 Å². The van der Waals surface area contributed by atoms with Gasteiger partial charge in [0.1, 0.15) is 5.75 Å². The summed E-state index contributed by atoms with van der Waals surface area (Å²) in [4.78, 5) is 0. The number of hydrogen-bond acceptors (Lipinski definition) is 3. The second-order valence-electron chi connectivity index (χ2n) is 6.73. The highest BCUT2D eigenvalue weighted by Gasteiger charge is 2.59. The first-order valence-corrected chi connectivity index (χ1v) is 6.95. The molecule has 1 saturated carbocycles. The Morgan fingerprint density at radius 2 is 1.79 bits per heavy atom. The zero-order valence-corrected chi connectivity index (χ0v) is 12.0. The van der Waals surface area contributed by atoms with E-state index in [-0.39, 0.29) is 18.3 Å². The van der Waals surface area contributed by atoms with Crippen LogP contribution in [0.25, 0.3) is 0 Å². The molecule has 2 unspecified atom stereocenters. The molecule has 2 aliphatic rings. The van der Waals surface area contributed by atoms with Gasteiger partial charge in [-0.25, -0.2) is 0 Å². The van der Waals surface area contributed by atoms with Crippen molar-refractivity contribution in [1.82, 2.24) is 0 Å². The lowest BCUT2D eigenvalue weighted by molar-refractivity contribution is 0.00578. The second-order valence-corrected chi connectivity index (χ2v) is 6.73. The lowest BCUT2D eigenvalue weighted by atomic mass is 9.79. The Labute approximate surface area is 115 Å². The van der Waals surface area contributed by atoms with Crippen molar-refractivity contribution in [2.45, 2.75) is 57.1 Å². The third-order valence-electron chi connectivity index (χ3n) is 4.76. The summed E-state index contributed by atoms with van der Waals surface area (Å²) < 4.78 is 12.2. The van der Waals surface area contributed by atoms with Crippen molar-refractivity contribution in [3.05, 3.63) is 29.8 Å². The first-order valence-electron chi connectivity index (χ1n) is 6.95. The van der Waals surface area contributed by atoms with Crippen LogP contribution < -0.4 is 0 Å². The molecule has 0 aromatic heterocycles. The van der Waals surface area contributed by atoms with Gasteiger partial charge in [-0.2, -0.15) is 0 Å². The Balaban J connectivity index is 1.72. The summed E-state index contributed by atoms with van der Waals surface area (Å²) in [6.07, 6.45) is 1.07. The van der Waals surface area contributed by atoms with Crippen LogP contribution >= 0.6 is 0 Å². The minimum Gasteiger partial charge on any atom is -0.508 e. The van der Waals surface area contributed by atoms with Crippen molar-refractivity contribution in [3.8, 4) is 5.75 Å².